The molecule has 1 aromatic carbocycles. The van der Waals surface area contributed by atoms with Crippen molar-refractivity contribution < 1.29 is 9.53 Å². The molecule has 0 aliphatic heterocycles. The number of ether oxygens (including phenoxy) is 1. The van der Waals surface area contributed by atoms with Crippen molar-refractivity contribution >= 4 is 40.0 Å². The highest BCUT2D eigenvalue weighted by Crippen LogP contribution is 2.33. The van der Waals surface area contributed by atoms with Crippen LogP contribution >= 0.6 is 22.7 Å². The van der Waals surface area contributed by atoms with E-state index >= 15 is 0 Å². The van der Waals surface area contributed by atoms with Crippen LogP contribution in [0.25, 0.3) is 10.6 Å². The van der Waals surface area contributed by atoms with Gasteiger partial charge in [0.05, 0.1) is 21.3 Å². The maximum absolute atomic E-state index is 10.4. The summed E-state index contributed by atoms with van der Waals surface area (Å²) in [5.41, 5.74) is 3.86. The van der Waals surface area contributed by atoms with Gasteiger partial charge in [-0.25, -0.2) is 9.97 Å². The average molecular weight is 345 g/mol. The molecule has 0 unspecified atom stereocenters. The minimum atomic E-state index is 0.425. The summed E-state index contributed by atoms with van der Waals surface area (Å²) >= 11 is 3.20. The van der Waals surface area contributed by atoms with E-state index in [1.54, 1.807) is 28.7 Å². The Kier molecular flexibility index (Phi) is 4.40. The summed E-state index contributed by atoms with van der Waals surface area (Å²) in [5.74, 6) is 0.527. The van der Waals surface area contributed by atoms with Crippen LogP contribution in [0, 0.1) is 20.8 Å². The Labute approximate surface area is 142 Å². The van der Waals surface area contributed by atoms with E-state index in [9.17, 15) is 4.79 Å². The lowest BCUT2D eigenvalue weighted by Gasteiger charge is -2.07. The van der Waals surface area contributed by atoms with Crippen LogP contribution in [0.3, 0.4) is 0 Å². The number of aryl methyl sites for hydroxylation is 3. The van der Waals surface area contributed by atoms with Crippen LogP contribution in [0.4, 0.5) is 10.8 Å². The van der Waals surface area contributed by atoms with Crippen molar-refractivity contribution in [2.24, 2.45) is 0 Å². The first-order valence-corrected chi connectivity index (χ1v) is 8.64. The summed E-state index contributed by atoms with van der Waals surface area (Å²) < 4.78 is 4.84. The lowest BCUT2D eigenvalue weighted by molar-refractivity contribution is -0.120. The molecule has 23 heavy (non-hydrogen) atoms. The predicted octanol–water partition coefficient (Wildman–Crippen LogP) is 4.47. The number of rotatable bonds is 5. The molecule has 0 radical (unpaired) electrons. The number of carbonyl (C=O) groups is 1. The Hall–Kier alpha value is -2.25. The normalized spacial score (nSPS) is 10.6. The Morgan fingerprint density at radius 2 is 2.04 bits per heavy atom. The highest BCUT2D eigenvalue weighted by atomic mass is 32.1. The lowest BCUT2D eigenvalue weighted by Crippen LogP contribution is -1.94. The van der Waals surface area contributed by atoms with Gasteiger partial charge in [0.25, 0.3) is 6.47 Å². The lowest BCUT2D eigenvalue weighted by atomic mass is 10.2. The minimum absolute atomic E-state index is 0.425. The summed E-state index contributed by atoms with van der Waals surface area (Å²) in [4.78, 5) is 20.6. The third-order valence-corrected chi connectivity index (χ3v) is 5.12. The Morgan fingerprint density at radius 1 is 1.22 bits per heavy atom. The zero-order chi connectivity index (χ0) is 16.4. The van der Waals surface area contributed by atoms with Crippen LogP contribution in [-0.4, -0.2) is 16.4 Å². The summed E-state index contributed by atoms with van der Waals surface area (Å²) in [6.45, 7) is 6.37. The molecule has 1 N–H and O–H groups in total. The van der Waals surface area contributed by atoms with Crippen LogP contribution in [0.2, 0.25) is 0 Å². The van der Waals surface area contributed by atoms with E-state index in [1.807, 2.05) is 38.3 Å². The smallest absolute Gasteiger partial charge is 0.298 e. The highest BCUT2D eigenvalue weighted by molar-refractivity contribution is 7.16. The number of hydrogen-bond donors (Lipinski definition) is 1. The van der Waals surface area contributed by atoms with Gasteiger partial charge < -0.3 is 10.1 Å². The van der Waals surface area contributed by atoms with Crippen molar-refractivity contribution in [3.8, 4) is 16.3 Å². The topological polar surface area (TPSA) is 64.1 Å². The quantitative estimate of drug-likeness (QED) is 0.691. The van der Waals surface area contributed by atoms with Gasteiger partial charge in [-0.15, -0.1) is 22.7 Å². The fourth-order valence-corrected chi connectivity index (χ4v) is 3.89. The molecule has 3 aromatic rings. The van der Waals surface area contributed by atoms with Gasteiger partial charge in [0.15, 0.2) is 5.13 Å². The molecule has 0 fully saturated rings. The number of nitrogens with zero attached hydrogens (tertiary/aromatic N) is 2. The van der Waals surface area contributed by atoms with E-state index in [0.717, 1.165) is 37.7 Å². The third-order valence-electron chi connectivity index (χ3n) is 3.26. The molecule has 5 nitrogen and oxygen atoms in total. The second kappa shape index (κ2) is 6.47. The van der Waals surface area contributed by atoms with E-state index in [4.69, 9.17) is 4.74 Å². The van der Waals surface area contributed by atoms with Crippen molar-refractivity contribution in [3.63, 3.8) is 0 Å². The minimum Gasteiger partial charge on any atom is -0.429 e. The van der Waals surface area contributed by atoms with Crippen LogP contribution in [0.1, 0.15) is 16.3 Å². The fraction of sp³-hybridized carbons (Fsp3) is 0.188. The van der Waals surface area contributed by atoms with Crippen molar-refractivity contribution in [3.05, 3.63) is 39.8 Å². The second-order valence-electron chi connectivity index (χ2n) is 5.00. The van der Waals surface area contributed by atoms with Gasteiger partial charge in [-0.3, -0.25) is 4.79 Å². The Bertz CT molecular complexity index is 855. The second-order valence-corrected chi connectivity index (χ2v) is 7.06. The summed E-state index contributed by atoms with van der Waals surface area (Å²) in [6, 6.07) is 5.42. The maximum atomic E-state index is 10.4. The number of nitrogens with one attached hydrogen (secondary N) is 1. The van der Waals surface area contributed by atoms with Gasteiger partial charge in [0.1, 0.15) is 5.75 Å². The zero-order valence-corrected chi connectivity index (χ0v) is 14.5. The molecule has 0 aliphatic rings. The Morgan fingerprint density at radius 3 is 2.70 bits per heavy atom. The van der Waals surface area contributed by atoms with Crippen molar-refractivity contribution in [2.75, 3.05) is 5.32 Å². The number of aromatic nitrogens is 2. The Balaban J connectivity index is 1.82. The summed E-state index contributed by atoms with van der Waals surface area (Å²) in [6.07, 6.45) is 0. The molecule has 3 rings (SSSR count). The SMILES string of the molecule is Cc1nc(C)c(-c2csc(Nc3ccc(OC=O)cc3C)n2)s1. The van der Waals surface area contributed by atoms with Gasteiger partial charge in [-0.1, -0.05) is 0 Å². The van der Waals surface area contributed by atoms with E-state index in [0.29, 0.717) is 12.2 Å². The number of carbonyl (C=O) groups excluding carboxylic acids is 1. The van der Waals surface area contributed by atoms with Gasteiger partial charge in [-0.05, 0) is 44.5 Å². The molecule has 2 aromatic heterocycles. The first-order chi connectivity index (χ1) is 11.1. The molecule has 118 valence electrons. The van der Waals surface area contributed by atoms with Gasteiger partial charge >= 0.3 is 0 Å². The van der Waals surface area contributed by atoms with Gasteiger partial charge in [0.2, 0.25) is 0 Å². The molecule has 0 saturated heterocycles. The summed E-state index contributed by atoms with van der Waals surface area (Å²) in [5, 5.41) is 7.20. The van der Waals surface area contributed by atoms with Crippen LogP contribution < -0.4 is 10.1 Å². The first kappa shape index (κ1) is 15.6. The standard InChI is InChI=1S/C16H15N3O2S2/c1-9-6-12(21-8-20)4-5-13(9)18-16-19-14(7-22-16)15-10(2)17-11(3)23-15/h4-8H,1-3H3,(H,18,19). The van der Waals surface area contributed by atoms with Crippen molar-refractivity contribution in [1.82, 2.24) is 9.97 Å². The largest absolute Gasteiger partial charge is 0.429 e. The molecule has 2 heterocycles. The summed E-state index contributed by atoms with van der Waals surface area (Å²) in [7, 11) is 0. The van der Waals surface area contributed by atoms with E-state index in [1.165, 1.54) is 0 Å². The number of benzene rings is 1. The van der Waals surface area contributed by atoms with E-state index in [-0.39, 0.29) is 0 Å². The maximum Gasteiger partial charge on any atom is 0.298 e. The van der Waals surface area contributed by atoms with E-state index < -0.39 is 0 Å². The van der Waals surface area contributed by atoms with Crippen molar-refractivity contribution in [2.45, 2.75) is 20.8 Å². The molecular weight excluding hydrogens is 330 g/mol. The number of hydrogen-bond acceptors (Lipinski definition) is 7. The average Bonchev–Trinajstić information content (AvgIpc) is 3.08. The fourth-order valence-electron chi connectivity index (χ4n) is 2.22. The predicted molar refractivity (Wildman–Crippen MR) is 93.8 cm³/mol. The molecule has 0 atom stereocenters. The van der Waals surface area contributed by atoms with Gasteiger partial charge in [-0.2, -0.15) is 0 Å². The molecule has 0 amide bonds. The molecule has 0 saturated carbocycles. The van der Waals surface area contributed by atoms with Crippen LogP contribution in [0.5, 0.6) is 5.75 Å². The zero-order valence-electron chi connectivity index (χ0n) is 12.9. The van der Waals surface area contributed by atoms with Crippen LogP contribution in [0.15, 0.2) is 23.6 Å². The molecule has 0 aliphatic carbocycles. The van der Waals surface area contributed by atoms with Crippen LogP contribution in [-0.2, 0) is 4.79 Å². The molecule has 7 heteroatoms. The molecular formula is C16H15N3O2S2. The molecule has 0 bridgehead atoms. The molecule has 0 spiro atoms. The van der Waals surface area contributed by atoms with E-state index in [2.05, 4.69) is 15.3 Å². The monoisotopic (exact) mass is 345 g/mol. The first-order valence-electron chi connectivity index (χ1n) is 6.94. The van der Waals surface area contributed by atoms with Gasteiger partial charge in [0, 0.05) is 11.1 Å². The number of anilines is 2. The van der Waals surface area contributed by atoms with Crippen molar-refractivity contribution in [1.29, 1.82) is 0 Å². The highest BCUT2D eigenvalue weighted by Gasteiger charge is 2.12. The number of thiazole rings is 2. The third kappa shape index (κ3) is 3.40.